The van der Waals surface area contributed by atoms with Gasteiger partial charge >= 0.3 is 0 Å². The molecular weight excluding hydrogens is 180 g/mol. The van der Waals surface area contributed by atoms with E-state index >= 15 is 0 Å². The number of pyridine rings is 1. The number of nitrogens with zero attached hydrogens (tertiary/aromatic N) is 2. The number of methoxy groups -OCH3 is 1. The van der Waals surface area contributed by atoms with Crippen molar-refractivity contribution in [2.45, 2.75) is 13.0 Å². The van der Waals surface area contributed by atoms with Crippen molar-refractivity contribution in [3.63, 3.8) is 0 Å². The Labute approximate surface area is 83.1 Å². The monoisotopic (exact) mass is 192 g/mol. The van der Waals surface area contributed by atoms with Gasteiger partial charge in [-0.1, -0.05) is 0 Å². The Bertz CT molecular complexity index is 333. The summed E-state index contributed by atoms with van der Waals surface area (Å²) in [5.74, 6) is 0.361. The predicted octanol–water partition coefficient (Wildman–Crippen LogP) is 1.37. The van der Waals surface area contributed by atoms with Crippen LogP contribution in [0.3, 0.4) is 0 Å². The van der Waals surface area contributed by atoms with E-state index in [0.29, 0.717) is 18.1 Å². The van der Waals surface area contributed by atoms with Crippen molar-refractivity contribution < 1.29 is 9.47 Å². The van der Waals surface area contributed by atoms with Crippen molar-refractivity contribution in [2.75, 3.05) is 13.7 Å². The maximum atomic E-state index is 8.76. The summed E-state index contributed by atoms with van der Waals surface area (Å²) in [6.45, 7) is 2.33. The van der Waals surface area contributed by atoms with Gasteiger partial charge in [0.05, 0.1) is 6.61 Å². The summed E-state index contributed by atoms with van der Waals surface area (Å²) in [4.78, 5) is 3.97. The molecule has 1 heterocycles. The van der Waals surface area contributed by atoms with Gasteiger partial charge in [-0.3, -0.25) is 0 Å². The molecule has 0 fully saturated rings. The first-order valence-electron chi connectivity index (χ1n) is 4.28. The van der Waals surface area contributed by atoms with E-state index in [-0.39, 0.29) is 6.10 Å². The standard InChI is InChI=1S/C10H12N2O2/c1-8(7-13-2)14-10-9(6-11)4-3-5-12-10/h3-5,8H,7H2,1-2H3. The van der Waals surface area contributed by atoms with E-state index in [2.05, 4.69) is 4.98 Å². The van der Waals surface area contributed by atoms with Gasteiger partial charge in [0.25, 0.3) is 0 Å². The molecule has 0 amide bonds. The fourth-order valence-electron chi connectivity index (χ4n) is 1.03. The molecule has 0 aromatic carbocycles. The molecule has 4 heteroatoms. The molecule has 14 heavy (non-hydrogen) atoms. The van der Waals surface area contributed by atoms with Crippen molar-refractivity contribution in [1.82, 2.24) is 4.98 Å². The zero-order chi connectivity index (χ0) is 10.4. The van der Waals surface area contributed by atoms with E-state index in [1.54, 1.807) is 25.4 Å². The highest BCUT2D eigenvalue weighted by molar-refractivity contribution is 5.37. The van der Waals surface area contributed by atoms with Crippen LogP contribution in [0.5, 0.6) is 5.88 Å². The SMILES string of the molecule is COCC(C)Oc1ncccc1C#N. The third-order valence-corrected chi connectivity index (χ3v) is 1.61. The average Bonchev–Trinajstić information content (AvgIpc) is 2.19. The van der Waals surface area contributed by atoms with E-state index in [9.17, 15) is 0 Å². The first kappa shape index (κ1) is 10.5. The summed E-state index contributed by atoms with van der Waals surface area (Å²) in [6.07, 6.45) is 1.48. The van der Waals surface area contributed by atoms with E-state index in [1.165, 1.54) is 0 Å². The van der Waals surface area contributed by atoms with Gasteiger partial charge < -0.3 is 9.47 Å². The largest absolute Gasteiger partial charge is 0.471 e. The van der Waals surface area contributed by atoms with Gasteiger partial charge in [-0.15, -0.1) is 0 Å². The molecule has 0 saturated heterocycles. The van der Waals surface area contributed by atoms with Crippen LogP contribution in [-0.4, -0.2) is 24.8 Å². The Hall–Kier alpha value is -1.60. The fraction of sp³-hybridized carbons (Fsp3) is 0.400. The summed E-state index contributed by atoms with van der Waals surface area (Å²) < 4.78 is 10.3. The minimum Gasteiger partial charge on any atom is -0.471 e. The lowest BCUT2D eigenvalue weighted by Crippen LogP contribution is -2.19. The van der Waals surface area contributed by atoms with Crippen LogP contribution in [-0.2, 0) is 4.74 Å². The molecule has 1 unspecified atom stereocenters. The summed E-state index contributed by atoms with van der Waals surface area (Å²) in [6, 6.07) is 5.38. The van der Waals surface area contributed by atoms with E-state index in [1.807, 2.05) is 13.0 Å². The Balaban J connectivity index is 2.71. The molecule has 0 bridgehead atoms. The predicted molar refractivity (Wildman–Crippen MR) is 50.9 cm³/mol. The van der Waals surface area contributed by atoms with Crippen LogP contribution in [0, 0.1) is 11.3 Å². The highest BCUT2D eigenvalue weighted by Gasteiger charge is 2.08. The first-order chi connectivity index (χ1) is 6.77. The lowest BCUT2D eigenvalue weighted by Gasteiger charge is -2.12. The summed E-state index contributed by atoms with van der Waals surface area (Å²) in [5, 5.41) is 8.76. The van der Waals surface area contributed by atoms with Crippen molar-refractivity contribution in [3.8, 4) is 11.9 Å². The molecular formula is C10H12N2O2. The highest BCUT2D eigenvalue weighted by atomic mass is 16.5. The minimum absolute atomic E-state index is 0.109. The van der Waals surface area contributed by atoms with Crippen LogP contribution in [0.1, 0.15) is 12.5 Å². The zero-order valence-corrected chi connectivity index (χ0v) is 8.23. The van der Waals surface area contributed by atoms with Crippen molar-refractivity contribution in [1.29, 1.82) is 5.26 Å². The molecule has 1 aromatic rings. The molecule has 0 aliphatic heterocycles. The van der Waals surface area contributed by atoms with E-state index in [0.717, 1.165) is 0 Å². The Morgan fingerprint density at radius 1 is 1.64 bits per heavy atom. The van der Waals surface area contributed by atoms with Gasteiger partial charge in [-0.05, 0) is 19.1 Å². The minimum atomic E-state index is -0.109. The second-order valence-corrected chi connectivity index (χ2v) is 2.85. The maximum absolute atomic E-state index is 8.76. The molecule has 0 spiro atoms. The van der Waals surface area contributed by atoms with Gasteiger partial charge in [-0.25, -0.2) is 4.98 Å². The number of hydrogen-bond acceptors (Lipinski definition) is 4. The third kappa shape index (κ3) is 2.71. The average molecular weight is 192 g/mol. The number of aromatic nitrogens is 1. The Kier molecular flexibility index (Phi) is 3.89. The number of ether oxygens (including phenoxy) is 2. The van der Waals surface area contributed by atoms with Gasteiger partial charge in [0.2, 0.25) is 5.88 Å². The van der Waals surface area contributed by atoms with Crippen molar-refractivity contribution >= 4 is 0 Å². The van der Waals surface area contributed by atoms with Crippen molar-refractivity contribution in [3.05, 3.63) is 23.9 Å². The molecule has 1 rings (SSSR count). The second-order valence-electron chi connectivity index (χ2n) is 2.85. The van der Waals surface area contributed by atoms with Crippen LogP contribution in [0.2, 0.25) is 0 Å². The smallest absolute Gasteiger partial charge is 0.231 e. The summed E-state index contributed by atoms with van der Waals surface area (Å²) in [5.41, 5.74) is 0.440. The molecule has 0 N–H and O–H groups in total. The quantitative estimate of drug-likeness (QED) is 0.722. The Morgan fingerprint density at radius 3 is 3.07 bits per heavy atom. The zero-order valence-electron chi connectivity index (χ0n) is 8.23. The first-order valence-corrected chi connectivity index (χ1v) is 4.28. The van der Waals surface area contributed by atoms with Crippen LogP contribution in [0.25, 0.3) is 0 Å². The lowest BCUT2D eigenvalue weighted by molar-refractivity contribution is 0.0887. The van der Waals surface area contributed by atoms with Gasteiger partial charge in [0.15, 0.2) is 0 Å². The summed E-state index contributed by atoms with van der Waals surface area (Å²) in [7, 11) is 1.60. The fourth-order valence-corrected chi connectivity index (χ4v) is 1.03. The molecule has 1 atom stereocenters. The lowest BCUT2D eigenvalue weighted by atomic mass is 10.3. The maximum Gasteiger partial charge on any atom is 0.231 e. The van der Waals surface area contributed by atoms with Gasteiger partial charge in [0, 0.05) is 13.3 Å². The third-order valence-electron chi connectivity index (χ3n) is 1.61. The van der Waals surface area contributed by atoms with Crippen LogP contribution in [0.4, 0.5) is 0 Å². The normalized spacial score (nSPS) is 11.8. The van der Waals surface area contributed by atoms with Crippen LogP contribution >= 0.6 is 0 Å². The molecule has 1 aromatic heterocycles. The molecule has 0 saturated carbocycles. The molecule has 0 radical (unpaired) electrons. The topological polar surface area (TPSA) is 55.1 Å². The molecule has 4 nitrogen and oxygen atoms in total. The molecule has 74 valence electrons. The van der Waals surface area contributed by atoms with E-state index < -0.39 is 0 Å². The number of rotatable bonds is 4. The van der Waals surface area contributed by atoms with Crippen LogP contribution in [0.15, 0.2) is 18.3 Å². The van der Waals surface area contributed by atoms with Gasteiger partial charge in [0.1, 0.15) is 17.7 Å². The van der Waals surface area contributed by atoms with Crippen LogP contribution < -0.4 is 4.74 Å². The number of hydrogen-bond donors (Lipinski definition) is 0. The summed E-state index contributed by atoms with van der Waals surface area (Å²) >= 11 is 0. The number of nitriles is 1. The van der Waals surface area contributed by atoms with Crippen molar-refractivity contribution in [2.24, 2.45) is 0 Å². The molecule has 0 aliphatic rings. The molecule has 0 aliphatic carbocycles. The highest BCUT2D eigenvalue weighted by Crippen LogP contribution is 2.14. The Morgan fingerprint density at radius 2 is 2.43 bits per heavy atom. The van der Waals surface area contributed by atoms with Gasteiger partial charge in [-0.2, -0.15) is 5.26 Å². The van der Waals surface area contributed by atoms with E-state index in [4.69, 9.17) is 14.7 Å². The second kappa shape index (κ2) is 5.20.